The lowest BCUT2D eigenvalue weighted by molar-refractivity contribution is -0.141. The minimum atomic E-state index is -2.08. The number of rotatable bonds is 42. The number of H-pyrrole nitrogens is 1. The number of benzene rings is 2. The summed E-state index contributed by atoms with van der Waals surface area (Å²) in [5.41, 5.74) is 2.86. The average Bonchev–Trinajstić information content (AvgIpc) is 1.62. The zero-order valence-electron chi connectivity index (χ0n) is 57.8. The van der Waals surface area contributed by atoms with Gasteiger partial charge in [0.05, 0.1) is 75.6 Å². The fourth-order valence-corrected chi connectivity index (χ4v) is 11.5. The normalized spacial score (nSPS) is 18.2. The van der Waals surface area contributed by atoms with Crippen LogP contribution in [0.4, 0.5) is 5.69 Å². The summed E-state index contributed by atoms with van der Waals surface area (Å²) < 4.78 is 0. The minimum Gasteiger partial charge on any atom is -0.481 e. The molecule has 2 aliphatic rings. The van der Waals surface area contributed by atoms with Crippen molar-refractivity contribution in [2.24, 2.45) is 0 Å². The van der Waals surface area contributed by atoms with E-state index in [1.165, 1.54) is 29.4 Å². The first-order valence-electron chi connectivity index (χ1n) is 34.1. The molecule has 3 aromatic rings. The first-order valence-corrected chi connectivity index (χ1v) is 34.1. The van der Waals surface area contributed by atoms with E-state index in [4.69, 9.17) is 0 Å². The van der Waals surface area contributed by atoms with Crippen LogP contribution in [-0.4, -0.2) is 368 Å². The van der Waals surface area contributed by atoms with Crippen molar-refractivity contribution in [1.82, 2.24) is 66.0 Å². The summed E-state index contributed by atoms with van der Waals surface area (Å²) in [4.78, 5) is 162. The highest BCUT2D eigenvalue weighted by Gasteiger charge is 2.35. The Morgan fingerprint density at radius 2 is 1.05 bits per heavy atom. The Labute approximate surface area is 597 Å². The molecule has 1 saturated heterocycles. The molecular weight excluding hydrogens is 1380 g/mol. The molecule has 39 heteroatoms. The number of carbonyl (C=O) groups excluding carboxylic acids is 7. The van der Waals surface area contributed by atoms with Crippen molar-refractivity contribution in [1.29, 1.82) is 0 Å². The Kier molecular flexibility index (Phi) is 36.0. The Morgan fingerprint density at radius 1 is 0.567 bits per heavy atom. The summed E-state index contributed by atoms with van der Waals surface area (Å²) in [6, 6.07) is 7.73. The van der Waals surface area contributed by atoms with Crippen LogP contribution < -0.4 is 31.9 Å². The van der Waals surface area contributed by atoms with Crippen LogP contribution in [0.25, 0.3) is 11.0 Å². The number of nitrogens with one attached hydrogen (secondary N) is 7. The topological polar surface area (TPSA) is 591 Å². The molecule has 3 unspecified atom stereocenters. The number of aromatic amines is 1. The van der Waals surface area contributed by atoms with Crippen molar-refractivity contribution >= 4 is 81.9 Å². The third-order valence-electron chi connectivity index (χ3n) is 17.5. The fourth-order valence-electron chi connectivity index (χ4n) is 11.5. The van der Waals surface area contributed by atoms with Crippen LogP contribution in [0.5, 0.6) is 0 Å². The summed E-state index contributed by atoms with van der Waals surface area (Å²) in [6.45, 7) is -5.02. The van der Waals surface area contributed by atoms with Crippen molar-refractivity contribution in [3.05, 3.63) is 59.4 Å². The van der Waals surface area contributed by atoms with Crippen LogP contribution in [0, 0.1) is 0 Å². The predicted molar refractivity (Wildman–Crippen MR) is 364 cm³/mol. The van der Waals surface area contributed by atoms with E-state index in [1.54, 1.807) is 25.2 Å². The van der Waals surface area contributed by atoms with Crippen LogP contribution in [0.2, 0.25) is 0 Å². The molecule has 3 heterocycles. The summed E-state index contributed by atoms with van der Waals surface area (Å²) in [5.74, 6) is -9.80. The molecule has 7 amide bonds. The van der Waals surface area contributed by atoms with Crippen molar-refractivity contribution in [2.45, 2.75) is 138 Å². The lowest BCUT2D eigenvalue weighted by Gasteiger charge is -2.33. The van der Waals surface area contributed by atoms with E-state index in [9.17, 15) is 124 Å². The summed E-state index contributed by atoms with van der Waals surface area (Å²) in [6.07, 6.45) is -17.1. The lowest BCUT2D eigenvalue weighted by Crippen LogP contribution is -2.56. The van der Waals surface area contributed by atoms with Crippen LogP contribution in [-0.2, 0) is 61.0 Å². The van der Waals surface area contributed by atoms with E-state index < -0.39 is 211 Å². The number of hydrogen-bond acceptors (Lipinski definition) is 27. The lowest BCUT2D eigenvalue weighted by atomic mass is 10.0. The molecule has 21 N–H and O–H groups in total. The van der Waals surface area contributed by atoms with Crippen LogP contribution in [0.3, 0.4) is 0 Å². The highest BCUT2D eigenvalue weighted by atomic mass is 16.4. The van der Waals surface area contributed by atoms with Gasteiger partial charge in [0.15, 0.2) is 0 Å². The molecule has 2 aliphatic heterocycles. The molecule has 0 saturated carbocycles. The number of imidazole rings is 1. The molecule has 1 aromatic heterocycles. The zero-order chi connectivity index (χ0) is 76.7. The Balaban J connectivity index is 1.32. The average molecular weight is 1480 g/mol. The molecule has 5 rings (SSSR count). The van der Waals surface area contributed by atoms with Gasteiger partial charge in [-0.05, 0) is 61.6 Å². The smallest absolute Gasteiger partial charge is 0.317 e. The van der Waals surface area contributed by atoms with Gasteiger partial charge >= 0.3 is 23.9 Å². The van der Waals surface area contributed by atoms with E-state index in [-0.39, 0.29) is 84.4 Å². The van der Waals surface area contributed by atoms with Gasteiger partial charge in [0.2, 0.25) is 35.4 Å². The second-order valence-corrected chi connectivity index (χ2v) is 25.7. The maximum Gasteiger partial charge on any atom is 0.317 e. The van der Waals surface area contributed by atoms with Gasteiger partial charge in [-0.2, -0.15) is 0 Å². The van der Waals surface area contributed by atoms with Crippen molar-refractivity contribution in [2.75, 3.05) is 130 Å². The summed E-state index contributed by atoms with van der Waals surface area (Å²) >= 11 is 0. The second-order valence-electron chi connectivity index (χ2n) is 25.7. The summed E-state index contributed by atoms with van der Waals surface area (Å²) in [7, 11) is 1.62. The van der Waals surface area contributed by atoms with Gasteiger partial charge in [-0.15, -0.1) is 0 Å². The molecule has 104 heavy (non-hydrogen) atoms. The van der Waals surface area contributed by atoms with Crippen molar-refractivity contribution in [3.63, 3.8) is 0 Å². The third kappa shape index (κ3) is 29.1. The molecular formula is C65H100N14O25. The third-order valence-corrected chi connectivity index (χ3v) is 17.5. The van der Waals surface area contributed by atoms with E-state index >= 15 is 0 Å². The summed E-state index contributed by atoms with van der Waals surface area (Å²) in [5, 5.41) is 154. The molecule has 2 aromatic carbocycles. The Bertz CT molecular complexity index is 3270. The van der Waals surface area contributed by atoms with Gasteiger partial charge < -0.3 is 118 Å². The predicted octanol–water partition coefficient (Wildman–Crippen LogP) is -7.78. The monoisotopic (exact) mass is 1480 g/mol. The van der Waals surface area contributed by atoms with E-state index in [1.807, 2.05) is 24.3 Å². The van der Waals surface area contributed by atoms with Gasteiger partial charge in [0.1, 0.15) is 60.6 Å². The minimum absolute atomic E-state index is 0.0137. The van der Waals surface area contributed by atoms with Gasteiger partial charge in [0, 0.05) is 116 Å². The second kappa shape index (κ2) is 43.6. The van der Waals surface area contributed by atoms with Crippen LogP contribution >= 0.6 is 0 Å². The van der Waals surface area contributed by atoms with Crippen LogP contribution in [0.15, 0.2) is 42.5 Å². The van der Waals surface area contributed by atoms with Crippen LogP contribution in [0.1, 0.15) is 79.5 Å². The molecule has 580 valence electrons. The zero-order valence-corrected chi connectivity index (χ0v) is 57.8. The Hall–Kier alpha value is -8.68. The number of aromatic nitrogens is 2. The number of hydrogen-bond donors (Lipinski definition) is 21. The number of unbranched alkanes of at least 4 members (excludes halogenated alkanes) is 3. The maximum atomic E-state index is 14.6. The Morgan fingerprint density at radius 3 is 1.54 bits per heavy atom. The highest BCUT2D eigenvalue weighted by molar-refractivity contribution is 5.96. The number of para-hydroxylation sites is 2. The number of carboxylic acids is 4. The molecule has 11 atom stereocenters. The maximum absolute atomic E-state index is 14.6. The molecule has 1 fully saturated rings. The first-order chi connectivity index (χ1) is 49.3. The standard InChI is InChI=1S/C65H100N14O25/c1-74(31-50-70-41-8-4-5-9-42(41)71-50)64(103)38-10-11-40-39(26-38)30-79(65(104)45(69-40)27-54(89)90)17-7-3-2-6-16-66-62(101)43(12-14-51(86)67-28-46(82)58(97)60(99)48(84)36-80)73-63(102)44(13-15-52(87)68-29-47(83)59(98)61(100)49(85)37-81)72-53(88)32-75-18-20-76(33-55(91)92)22-24-78(35-57(95)96)25-23-77(21-19-75)34-56(93)94/h4-5,8-11,26,43-49,58-61,69,80-85,97-100H,2-3,6-7,12-25,27-37H2,1H3,(H,66,101)(H,67,86)(H,68,87)(H,70,71)(H,72,88)(H,73,102)(H,89,90)(H,91,92)(H,93,94)(H,95,96)/t43-,44-,45-,46?,47+,48?,49?,58-,59+,60-,61+/m0/s1. The number of carbonyl (C=O) groups is 11. The van der Waals surface area contributed by atoms with Gasteiger partial charge in [-0.3, -0.25) is 72.3 Å². The highest BCUT2D eigenvalue weighted by Crippen LogP contribution is 2.27. The first kappa shape index (κ1) is 86.0. The number of aliphatic hydroxyl groups is 10. The van der Waals surface area contributed by atoms with E-state index in [0.29, 0.717) is 48.3 Å². The number of carboxylic acid groups (broad SMARTS) is 4. The number of anilines is 1. The number of nitrogens with zero attached hydrogens (tertiary/aromatic N) is 7. The van der Waals surface area contributed by atoms with Gasteiger partial charge in [0.25, 0.3) is 5.91 Å². The molecule has 0 spiro atoms. The molecule has 39 nitrogen and oxygen atoms in total. The quantitative estimate of drug-likeness (QED) is 0.0234. The van der Waals surface area contributed by atoms with Gasteiger partial charge in [-0.25, -0.2) is 4.98 Å². The van der Waals surface area contributed by atoms with E-state index in [0.717, 1.165) is 11.0 Å². The van der Waals surface area contributed by atoms with Gasteiger partial charge in [-0.1, -0.05) is 25.0 Å². The number of aliphatic hydroxyl groups excluding tert-OH is 10. The number of amides is 7. The van der Waals surface area contributed by atoms with Crippen molar-refractivity contribution < 1.29 is 124 Å². The molecule has 0 aliphatic carbocycles. The van der Waals surface area contributed by atoms with E-state index in [2.05, 4.69) is 41.9 Å². The largest absolute Gasteiger partial charge is 0.481 e. The molecule has 0 radical (unpaired) electrons. The molecule has 0 bridgehead atoms. The fraction of sp³-hybridized carbons (Fsp3) is 0.631. The van der Waals surface area contributed by atoms with Crippen molar-refractivity contribution in [3.8, 4) is 0 Å². The number of fused-ring (bicyclic) bond motifs is 2. The SMILES string of the molecule is CN(Cc1nc2ccccc2[nH]1)C(=O)c1ccc2c(c1)CN(CCCCCCNC(=O)[C@H](CCC(=O)NCC(O)[C@H](O)[C@@H](O)C(O)CO)NC(=O)[C@H](CCC(=O)NC[C@@H](O)[C@@H](O)[C@H](O)C(O)CO)NC(=O)CN1CCN(CC(=O)O)CCN(CC(=O)O)CCN(CC(=O)O)CC1)C(=O)[C@H](CC(=O)O)N2. The number of aliphatic carboxylic acids is 4.